The Balaban J connectivity index is 2.20. The summed E-state index contributed by atoms with van der Waals surface area (Å²) in [5.74, 6) is -1.46. The quantitative estimate of drug-likeness (QED) is 0.490. The Labute approximate surface area is 153 Å². The van der Waals surface area contributed by atoms with E-state index in [-0.39, 0.29) is 0 Å². The van der Waals surface area contributed by atoms with Crippen LogP contribution in [0.15, 0.2) is 91.0 Å². The minimum Gasteiger partial charge on any atom is -0.297 e. The van der Waals surface area contributed by atoms with Gasteiger partial charge in [-0.15, -0.1) is 0 Å². The first kappa shape index (κ1) is 16.5. The normalized spacial score (nSPS) is 11.7. The van der Waals surface area contributed by atoms with E-state index in [4.69, 9.17) is 17.2 Å². The molecular weight excluding hydrogens is 318 g/mol. The summed E-state index contributed by atoms with van der Waals surface area (Å²) in [6.07, 6.45) is 0. The van der Waals surface area contributed by atoms with Gasteiger partial charge in [0.2, 0.25) is 0 Å². The second-order valence-electron chi connectivity index (χ2n) is 6.56. The van der Waals surface area contributed by atoms with Crippen LogP contribution in [0.1, 0.15) is 5.56 Å². The first-order valence-corrected chi connectivity index (χ1v) is 8.59. The number of hydrogen-bond donors (Lipinski definition) is 3. The largest absolute Gasteiger partial charge is 0.297 e. The molecular formula is C23H21N3. The molecule has 6 N–H and O–H groups in total. The predicted molar refractivity (Wildman–Crippen MR) is 109 cm³/mol. The smallest absolute Gasteiger partial charge is 0.144 e. The monoisotopic (exact) mass is 339 g/mol. The van der Waals surface area contributed by atoms with Gasteiger partial charge < -0.3 is 0 Å². The van der Waals surface area contributed by atoms with Crippen molar-refractivity contribution in [3.63, 3.8) is 0 Å². The van der Waals surface area contributed by atoms with Gasteiger partial charge in [-0.1, -0.05) is 84.9 Å². The van der Waals surface area contributed by atoms with Crippen molar-refractivity contribution >= 4 is 10.8 Å². The molecule has 3 nitrogen and oxygen atoms in total. The van der Waals surface area contributed by atoms with Crippen molar-refractivity contribution in [3.8, 4) is 22.3 Å². The summed E-state index contributed by atoms with van der Waals surface area (Å²) >= 11 is 0. The highest BCUT2D eigenvalue weighted by Gasteiger charge is 2.26. The lowest BCUT2D eigenvalue weighted by Gasteiger charge is -2.27. The van der Waals surface area contributed by atoms with Gasteiger partial charge in [-0.2, -0.15) is 0 Å². The Hall–Kier alpha value is -2.98. The van der Waals surface area contributed by atoms with Crippen LogP contribution in [0.25, 0.3) is 33.0 Å². The Morgan fingerprint density at radius 3 is 1.73 bits per heavy atom. The lowest BCUT2D eigenvalue weighted by Crippen LogP contribution is -2.55. The molecule has 0 aliphatic rings. The highest BCUT2D eigenvalue weighted by molar-refractivity contribution is 6.00. The Bertz CT molecular complexity index is 1050. The molecule has 0 aromatic heterocycles. The van der Waals surface area contributed by atoms with Crippen LogP contribution in [-0.2, 0) is 5.79 Å². The molecule has 4 aromatic carbocycles. The van der Waals surface area contributed by atoms with Crippen molar-refractivity contribution in [2.75, 3.05) is 0 Å². The molecule has 0 amide bonds. The second-order valence-corrected chi connectivity index (χ2v) is 6.56. The summed E-state index contributed by atoms with van der Waals surface area (Å²) in [5, 5.41) is 2.03. The zero-order valence-electron chi connectivity index (χ0n) is 14.4. The highest BCUT2D eigenvalue weighted by Crippen LogP contribution is 2.41. The molecule has 0 aliphatic heterocycles. The van der Waals surface area contributed by atoms with Crippen LogP contribution in [0, 0.1) is 0 Å². The van der Waals surface area contributed by atoms with E-state index in [1.807, 2.05) is 54.6 Å². The number of benzene rings is 4. The first-order chi connectivity index (χ1) is 12.6. The number of hydrogen-bond acceptors (Lipinski definition) is 3. The second kappa shape index (κ2) is 6.39. The molecule has 4 rings (SSSR count). The molecule has 0 fully saturated rings. The molecule has 128 valence electrons. The van der Waals surface area contributed by atoms with Crippen LogP contribution in [-0.4, -0.2) is 0 Å². The maximum absolute atomic E-state index is 6.26. The summed E-state index contributed by atoms with van der Waals surface area (Å²) in [5.41, 5.74) is 23.7. The van der Waals surface area contributed by atoms with Gasteiger partial charge in [-0.25, -0.2) is 0 Å². The lowest BCUT2D eigenvalue weighted by atomic mass is 9.84. The minimum absolute atomic E-state index is 0.751. The topological polar surface area (TPSA) is 78.1 Å². The van der Waals surface area contributed by atoms with Gasteiger partial charge in [0.1, 0.15) is 5.79 Å². The van der Waals surface area contributed by atoms with Gasteiger partial charge in [-0.3, -0.25) is 17.2 Å². The summed E-state index contributed by atoms with van der Waals surface area (Å²) < 4.78 is 0. The average molecular weight is 339 g/mol. The maximum Gasteiger partial charge on any atom is 0.144 e. The van der Waals surface area contributed by atoms with E-state index in [2.05, 4.69) is 36.4 Å². The fourth-order valence-electron chi connectivity index (χ4n) is 3.55. The predicted octanol–water partition coefficient (Wildman–Crippen LogP) is 4.16. The zero-order valence-corrected chi connectivity index (χ0v) is 14.4. The van der Waals surface area contributed by atoms with E-state index < -0.39 is 5.79 Å². The molecule has 0 unspecified atom stereocenters. The van der Waals surface area contributed by atoms with Crippen molar-refractivity contribution in [1.29, 1.82) is 0 Å². The summed E-state index contributed by atoms with van der Waals surface area (Å²) in [6.45, 7) is 0. The van der Waals surface area contributed by atoms with E-state index in [9.17, 15) is 0 Å². The first-order valence-electron chi connectivity index (χ1n) is 8.59. The fraction of sp³-hybridized carbons (Fsp3) is 0.0435. The summed E-state index contributed by atoms with van der Waals surface area (Å²) in [4.78, 5) is 0. The molecule has 0 saturated carbocycles. The third-order valence-electron chi connectivity index (χ3n) is 4.63. The van der Waals surface area contributed by atoms with Gasteiger partial charge in [-0.05, 0) is 39.1 Å². The van der Waals surface area contributed by atoms with Crippen LogP contribution in [0.5, 0.6) is 0 Å². The fourth-order valence-corrected chi connectivity index (χ4v) is 3.55. The van der Waals surface area contributed by atoms with Gasteiger partial charge >= 0.3 is 0 Å². The Kier molecular flexibility index (Phi) is 4.05. The third kappa shape index (κ3) is 2.89. The van der Waals surface area contributed by atoms with Crippen molar-refractivity contribution < 1.29 is 0 Å². The number of nitrogens with two attached hydrogens (primary N) is 3. The van der Waals surface area contributed by atoms with E-state index >= 15 is 0 Å². The van der Waals surface area contributed by atoms with E-state index in [0.717, 1.165) is 38.6 Å². The molecule has 0 bridgehead atoms. The molecule has 0 spiro atoms. The highest BCUT2D eigenvalue weighted by atomic mass is 15.1. The third-order valence-corrected chi connectivity index (χ3v) is 4.63. The minimum atomic E-state index is -1.46. The Morgan fingerprint density at radius 2 is 1.12 bits per heavy atom. The number of rotatable bonds is 3. The molecule has 0 atom stereocenters. The van der Waals surface area contributed by atoms with Crippen LogP contribution < -0.4 is 17.2 Å². The van der Waals surface area contributed by atoms with Gasteiger partial charge in [0.25, 0.3) is 0 Å². The standard InChI is InChI=1S/C23H21N3/c24-23(25,26)22-19-14-8-7-13-18(19)15-20(16-9-3-1-4-10-16)21(22)17-11-5-2-6-12-17/h1-15H,24-26H2. The molecule has 0 aliphatic carbocycles. The van der Waals surface area contributed by atoms with E-state index in [1.54, 1.807) is 0 Å². The molecule has 26 heavy (non-hydrogen) atoms. The van der Waals surface area contributed by atoms with Crippen LogP contribution in [0.2, 0.25) is 0 Å². The van der Waals surface area contributed by atoms with Gasteiger partial charge in [0.15, 0.2) is 0 Å². The lowest BCUT2D eigenvalue weighted by molar-refractivity contribution is 0.494. The molecule has 0 saturated heterocycles. The maximum atomic E-state index is 6.26. The zero-order chi connectivity index (χ0) is 18.1. The molecule has 0 radical (unpaired) electrons. The van der Waals surface area contributed by atoms with Gasteiger partial charge in [0.05, 0.1) is 0 Å². The molecule has 0 heterocycles. The van der Waals surface area contributed by atoms with Crippen molar-refractivity contribution in [2.45, 2.75) is 5.79 Å². The molecule has 4 aromatic rings. The SMILES string of the molecule is NC(N)(N)c1c(-c2ccccc2)c(-c2ccccc2)cc2ccccc12. The van der Waals surface area contributed by atoms with Crippen LogP contribution in [0.4, 0.5) is 0 Å². The van der Waals surface area contributed by atoms with E-state index in [0.29, 0.717) is 0 Å². The average Bonchev–Trinajstić information content (AvgIpc) is 2.67. The van der Waals surface area contributed by atoms with Crippen LogP contribution >= 0.6 is 0 Å². The van der Waals surface area contributed by atoms with Crippen molar-refractivity contribution in [1.82, 2.24) is 0 Å². The van der Waals surface area contributed by atoms with Crippen LogP contribution in [0.3, 0.4) is 0 Å². The van der Waals surface area contributed by atoms with Crippen molar-refractivity contribution in [3.05, 3.63) is 96.6 Å². The number of fused-ring (bicyclic) bond motifs is 1. The van der Waals surface area contributed by atoms with Gasteiger partial charge in [0, 0.05) is 5.56 Å². The molecule has 3 heteroatoms. The van der Waals surface area contributed by atoms with Crippen molar-refractivity contribution in [2.24, 2.45) is 17.2 Å². The van der Waals surface area contributed by atoms with E-state index in [1.165, 1.54) is 0 Å². The summed E-state index contributed by atoms with van der Waals surface area (Å²) in [7, 11) is 0. The Morgan fingerprint density at radius 1 is 0.577 bits per heavy atom. The summed E-state index contributed by atoms with van der Waals surface area (Å²) in [6, 6.07) is 30.6.